The number of nitrogens with two attached hydrogens (primary N) is 1. The third-order valence-electron chi connectivity index (χ3n) is 8.35. The highest BCUT2D eigenvalue weighted by Gasteiger charge is 2.41. The van der Waals surface area contributed by atoms with Crippen molar-refractivity contribution in [2.24, 2.45) is 5.73 Å². The number of benzene rings is 4. The van der Waals surface area contributed by atoms with Gasteiger partial charge in [-0.25, -0.2) is 0 Å². The van der Waals surface area contributed by atoms with Gasteiger partial charge in [0.15, 0.2) is 5.78 Å². The lowest BCUT2D eigenvalue weighted by atomic mass is 9.73. The molecule has 41 heavy (non-hydrogen) atoms. The predicted molar refractivity (Wildman–Crippen MR) is 163 cm³/mol. The van der Waals surface area contributed by atoms with Gasteiger partial charge in [-0.1, -0.05) is 71.8 Å². The Balaban J connectivity index is 1.50. The number of hydrogen-bond acceptors (Lipinski definition) is 5. The molecule has 1 aliphatic heterocycles. The number of allylic oxidation sites excluding steroid dienone is 3. The van der Waals surface area contributed by atoms with Gasteiger partial charge in [-0.05, 0) is 73.9 Å². The van der Waals surface area contributed by atoms with Crippen LogP contribution in [0.2, 0.25) is 0 Å². The van der Waals surface area contributed by atoms with Gasteiger partial charge in [0.25, 0.3) is 0 Å². The molecule has 1 unspecified atom stereocenters. The van der Waals surface area contributed by atoms with E-state index in [1.165, 1.54) is 5.56 Å². The van der Waals surface area contributed by atoms with Crippen molar-refractivity contribution >= 4 is 22.2 Å². The molecule has 0 aromatic heterocycles. The second-order valence-corrected chi connectivity index (χ2v) is 11.1. The van der Waals surface area contributed by atoms with Crippen molar-refractivity contribution in [3.63, 3.8) is 0 Å². The molecule has 0 saturated carbocycles. The Labute approximate surface area is 241 Å². The summed E-state index contributed by atoms with van der Waals surface area (Å²) in [6.45, 7) is 6.53. The fraction of sp³-hybridized carbons (Fsp3) is 0.222. The number of aryl methyl sites for hydroxylation is 2. The average molecular weight is 540 g/mol. The maximum atomic E-state index is 13.8. The summed E-state index contributed by atoms with van der Waals surface area (Å²) in [5.41, 5.74) is 15.0. The molecule has 0 saturated heterocycles. The van der Waals surface area contributed by atoms with Crippen LogP contribution in [0, 0.1) is 32.1 Å². The Morgan fingerprint density at radius 2 is 1.71 bits per heavy atom. The van der Waals surface area contributed by atoms with Gasteiger partial charge in [0.1, 0.15) is 18.2 Å². The summed E-state index contributed by atoms with van der Waals surface area (Å²) in [6, 6.07) is 28.9. The zero-order valence-corrected chi connectivity index (χ0v) is 23.7. The van der Waals surface area contributed by atoms with E-state index in [1.54, 1.807) is 0 Å². The van der Waals surface area contributed by atoms with Crippen LogP contribution in [0.5, 0.6) is 5.75 Å². The molecule has 204 valence electrons. The fourth-order valence-corrected chi connectivity index (χ4v) is 6.28. The molecule has 0 fully saturated rings. The summed E-state index contributed by atoms with van der Waals surface area (Å²) < 4.78 is 6.15. The first kappa shape index (κ1) is 26.4. The highest BCUT2D eigenvalue weighted by Crippen LogP contribution is 2.48. The van der Waals surface area contributed by atoms with Crippen LogP contribution < -0.4 is 15.4 Å². The van der Waals surface area contributed by atoms with Gasteiger partial charge >= 0.3 is 0 Å². The summed E-state index contributed by atoms with van der Waals surface area (Å²) in [4.78, 5) is 15.7. The molecule has 2 N–H and O–H groups in total. The Morgan fingerprint density at radius 1 is 0.951 bits per heavy atom. The molecule has 2 aliphatic rings. The first-order valence-electron chi connectivity index (χ1n) is 14.1. The summed E-state index contributed by atoms with van der Waals surface area (Å²) in [5, 5.41) is 12.7. The minimum absolute atomic E-state index is 0.0834. The number of Topliss-reactive ketones (excluding diaryl/α,β-unsaturated/α-hetero) is 1. The van der Waals surface area contributed by atoms with Gasteiger partial charge in [-0.15, -0.1) is 0 Å². The summed E-state index contributed by atoms with van der Waals surface area (Å²) in [5.74, 6) is 0.753. The maximum Gasteiger partial charge on any atom is 0.161 e. The van der Waals surface area contributed by atoms with E-state index in [9.17, 15) is 10.1 Å². The second kappa shape index (κ2) is 10.6. The number of nitrogens with zero attached hydrogens (tertiary/aromatic N) is 2. The van der Waals surface area contributed by atoms with E-state index in [0.717, 1.165) is 56.6 Å². The van der Waals surface area contributed by atoms with Crippen LogP contribution in [0.15, 0.2) is 102 Å². The number of fused-ring (bicyclic) bond motifs is 1. The van der Waals surface area contributed by atoms with Crippen LogP contribution >= 0.6 is 0 Å². The molecule has 5 nitrogen and oxygen atoms in total. The van der Waals surface area contributed by atoms with Gasteiger partial charge in [-0.3, -0.25) is 9.69 Å². The van der Waals surface area contributed by atoms with E-state index in [-0.39, 0.29) is 5.78 Å². The van der Waals surface area contributed by atoms with E-state index < -0.39 is 5.92 Å². The number of ketones is 1. The molecule has 0 bridgehead atoms. The lowest BCUT2D eigenvalue weighted by Crippen LogP contribution is -2.39. The Bertz CT molecular complexity index is 1790. The average Bonchev–Trinajstić information content (AvgIpc) is 2.98. The topological polar surface area (TPSA) is 79.3 Å². The molecule has 0 spiro atoms. The molecule has 1 atom stereocenters. The van der Waals surface area contributed by atoms with Crippen molar-refractivity contribution in [2.75, 3.05) is 4.90 Å². The molecular weight excluding hydrogens is 506 g/mol. The highest BCUT2D eigenvalue weighted by molar-refractivity contribution is 6.03. The molecular formula is C36H33N3O2. The lowest BCUT2D eigenvalue weighted by molar-refractivity contribution is -0.116. The molecule has 5 heteroatoms. The monoisotopic (exact) mass is 539 g/mol. The van der Waals surface area contributed by atoms with Crippen molar-refractivity contribution in [2.45, 2.75) is 52.6 Å². The standard InChI is InChI=1S/C36H33N3O2/c1-22-14-16-27(17-15-22)41-21-26-18-23(2)19-29(24(26)3)34-30(20-37)36(38)39(32-12-7-13-33(40)35(32)34)31-11-6-9-25-8-4-5-10-28(25)31/h4-6,8-11,14-19,34H,7,12-13,21,38H2,1-3H3. The van der Waals surface area contributed by atoms with Gasteiger partial charge in [-0.2, -0.15) is 5.26 Å². The molecule has 1 heterocycles. The van der Waals surface area contributed by atoms with Crippen molar-refractivity contribution in [3.8, 4) is 11.8 Å². The first-order valence-corrected chi connectivity index (χ1v) is 14.1. The van der Waals surface area contributed by atoms with E-state index in [1.807, 2.05) is 67.3 Å². The molecule has 4 aromatic carbocycles. The van der Waals surface area contributed by atoms with Crippen molar-refractivity contribution < 1.29 is 9.53 Å². The number of nitriles is 1. The highest BCUT2D eigenvalue weighted by atomic mass is 16.5. The minimum atomic E-state index is -0.521. The Hall–Kier alpha value is -4.82. The summed E-state index contributed by atoms with van der Waals surface area (Å²) >= 11 is 0. The molecule has 1 aliphatic carbocycles. The first-order chi connectivity index (χ1) is 19.9. The normalized spacial score (nSPS) is 17.1. The number of anilines is 1. The second-order valence-electron chi connectivity index (χ2n) is 11.1. The summed E-state index contributed by atoms with van der Waals surface area (Å²) in [6.07, 6.45) is 1.93. The van der Waals surface area contributed by atoms with Crippen LogP contribution in [0.3, 0.4) is 0 Å². The molecule has 0 amide bonds. The molecule has 4 aromatic rings. The number of hydrogen-bond donors (Lipinski definition) is 1. The third kappa shape index (κ3) is 4.66. The fourth-order valence-electron chi connectivity index (χ4n) is 6.28. The quantitative estimate of drug-likeness (QED) is 0.282. The zero-order valence-electron chi connectivity index (χ0n) is 23.7. The Morgan fingerprint density at radius 3 is 2.49 bits per heavy atom. The zero-order chi connectivity index (χ0) is 28.7. The summed E-state index contributed by atoms with van der Waals surface area (Å²) in [7, 11) is 0. The van der Waals surface area contributed by atoms with Crippen molar-refractivity contribution in [1.82, 2.24) is 0 Å². The largest absolute Gasteiger partial charge is 0.489 e. The van der Waals surface area contributed by atoms with Crippen LogP contribution in [0.4, 0.5) is 5.69 Å². The number of ether oxygens (including phenoxy) is 1. The smallest absolute Gasteiger partial charge is 0.161 e. The van der Waals surface area contributed by atoms with Crippen LogP contribution in [0.25, 0.3) is 10.8 Å². The maximum absolute atomic E-state index is 13.8. The molecule has 0 radical (unpaired) electrons. The van der Waals surface area contributed by atoms with Gasteiger partial charge in [0.2, 0.25) is 0 Å². The van der Waals surface area contributed by atoms with Gasteiger partial charge in [0.05, 0.1) is 23.2 Å². The predicted octanol–water partition coefficient (Wildman–Crippen LogP) is 7.65. The van der Waals surface area contributed by atoms with Crippen molar-refractivity contribution in [1.29, 1.82) is 5.26 Å². The minimum Gasteiger partial charge on any atom is -0.489 e. The Kier molecular flexibility index (Phi) is 6.85. The lowest BCUT2D eigenvalue weighted by Gasteiger charge is -2.40. The molecule has 6 rings (SSSR count). The van der Waals surface area contributed by atoms with E-state index in [4.69, 9.17) is 10.5 Å². The van der Waals surface area contributed by atoms with E-state index >= 15 is 0 Å². The van der Waals surface area contributed by atoms with Crippen LogP contribution in [-0.2, 0) is 11.4 Å². The number of carbonyl (C=O) groups is 1. The van der Waals surface area contributed by atoms with Gasteiger partial charge in [0, 0.05) is 23.1 Å². The van der Waals surface area contributed by atoms with Crippen LogP contribution in [0.1, 0.15) is 53.0 Å². The number of rotatable bonds is 5. The van der Waals surface area contributed by atoms with Crippen LogP contribution in [-0.4, -0.2) is 5.78 Å². The third-order valence-corrected chi connectivity index (χ3v) is 8.35. The van der Waals surface area contributed by atoms with Crippen molar-refractivity contribution in [3.05, 3.63) is 129 Å². The SMILES string of the molecule is Cc1ccc(OCc2cc(C)cc(C3C(C#N)=C(N)N(c4cccc5ccccc45)C4=C3C(=O)CCC4)c2C)cc1. The number of carbonyl (C=O) groups excluding carboxylic acids is 1. The van der Waals surface area contributed by atoms with Gasteiger partial charge < -0.3 is 10.5 Å². The van der Waals surface area contributed by atoms with E-state index in [0.29, 0.717) is 36.4 Å². The van der Waals surface area contributed by atoms with E-state index in [2.05, 4.69) is 43.3 Å².